The van der Waals surface area contributed by atoms with Gasteiger partial charge in [-0.25, -0.2) is 8.42 Å². The lowest BCUT2D eigenvalue weighted by Crippen LogP contribution is -2.16. The molecule has 2 heterocycles. The van der Waals surface area contributed by atoms with Gasteiger partial charge in [0, 0.05) is 43.8 Å². The number of sulfone groups is 1. The van der Waals surface area contributed by atoms with Crippen LogP contribution in [-0.2, 0) is 16.4 Å². The Morgan fingerprint density at radius 2 is 1.96 bits per heavy atom. The highest BCUT2D eigenvalue weighted by Gasteiger charge is 2.20. The third kappa shape index (κ3) is 3.86. The number of hydrogen-bond donors (Lipinski definition) is 2. The van der Waals surface area contributed by atoms with E-state index in [1.165, 1.54) is 4.52 Å². The third-order valence-electron chi connectivity index (χ3n) is 4.35. The summed E-state index contributed by atoms with van der Waals surface area (Å²) in [6.45, 7) is 4.40. The number of rotatable bonds is 6. The zero-order valence-corrected chi connectivity index (χ0v) is 17.4. The highest BCUT2D eigenvalue weighted by Crippen LogP contribution is 2.24. The minimum absolute atomic E-state index is 0.141. The smallest absolute Gasteiger partial charge is 0.252 e. The molecule has 0 bridgehead atoms. The predicted octanol–water partition coefficient (Wildman–Crippen LogP) is 1.91. The van der Waals surface area contributed by atoms with Gasteiger partial charge in [-0.1, -0.05) is 13.8 Å². The largest absolute Gasteiger partial charge is 0.399 e. The van der Waals surface area contributed by atoms with Crippen LogP contribution in [0, 0.1) is 0 Å². The molecule has 3 rings (SSSR count). The number of nitrogens with one attached hydrogen (secondary N) is 1. The molecule has 150 valence electrons. The van der Waals surface area contributed by atoms with Crippen molar-refractivity contribution in [1.82, 2.24) is 19.6 Å². The molecule has 10 heteroatoms. The Bertz CT molecular complexity index is 1120. The van der Waals surface area contributed by atoms with E-state index in [1.807, 2.05) is 51.0 Å². The molecule has 3 aromatic rings. The summed E-state index contributed by atoms with van der Waals surface area (Å²) in [6, 6.07) is 5.65. The van der Waals surface area contributed by atoms with E-state index in [0.717, 1.165) is 23.1 Å². The van der Waals surface area contributed by atoms with Crippen molar-refractivity contribution in [3.05, 3.63) is 35.5 Å². The Morgan fingerprint density at radius 3 is 2.57 bits per heavy atom. The minimum atomic E-state index is -3.58. The molecule has 0 radical (unpaired) electrons. The standard InChI is InChI=1S/C18H25N7O2S/c1-11(2)14-10-21-25-16(14)22-18(28(5,26)27)23-17(25)20-9-12-8-13(19)6-7-15(12)24(3)4/h6-8,10-11H,9,19H2,1-5H3,(H,20,22,23). The van der Waals surface area contributed by atoms with Crippen molar-refractivity contribution in [1.29, 1.82) is 0 Å². The first-order valence-corrected chi connectivity index (χ1v) is 10.7. The molecule has 0 fully saturated rings. The van der Waals surface area contributed by atoms with Crippen LogP contribution in [0.4, 0.5) is 17.3 Å². The van der Waals surface area contributed by atoms with Crippen LogP contribution < -0.4 is 16.0 Å². The van der Waals surface area contributed by atoms with Crippen LogP contribution in [0.1, 0.15) is 30.9 Å². The fourth-order valence-electron chi connectivity index (χ4n) is 2.92. The molecule has 0 saturated carbocycles. The summed E-state index contributed by atoms with van der Waals surface area (Å²) in [7, 11) is 0.313. The molecule has 1 aromatic carbocycles. The summed E-state index contributed by atoms with van der Waals surface area (Å²) in [6.07, 6.45) is 2.79. The number of nitrogen functional groups attached to an aromatic ring is 1. The number of nitrogens with two attached hydrogens (primary N) is 1. The quantitative estimate of drug-likeness (QED) is 0.599. The van der Waals surface area contributed by atoms with Crippen molar-refractivity contribution in [2.45, 2.75) is 31.5 Å². The average molecular weight is 404 g/mol. The van der Waals surface area contributed by atoms with E-state index in [2.05, 4.69) is 20.4 Å². The molecule has 0 aliphatic heterocycles. The van der Waals surface area contributed by atoms with Crippen molar-refractivity contribution < 1.29 is 8.42 Å². The molecule has 0 saturated heterocycles. The molecule has 0 atom stereocenters. The maximum atomic E-state index is 12.1. The first-order chi connectivity index (χ1) is 13.1. The van der Waals surface area contributed by atoms with Gasteiger partial charge in [0.25, 0.3) is 5.16 Å². The topological polar surface area (TPSA) is 119 Å². The first-order valence-electron chi connectivity index (χ1n) is 8.83. The van der Waals surface area contributed by atoms with Crippen LogP contribution in [-0.4, -0.2) is 48.4 Å². The van der Waals surface area contributed by atoms with Crippen molar-refractivity contribution in [3.8, 4) is 0 Å². The van der Waals surface area contributed by atoms with Gasteiger partial charge in [0.2, 0.25) is 15.8 Å². The second-order valence-electron chi connectivity index (χ2n) is 7.23. The average Bonchev–Trinajstić information content (AvgIpc) is 3.03. The van der Waals surface area contributed by atoms with Gasteiger partial charge in [-0.05, 0) is 29.7 Å². The van der Waals surface area contributed by atoms with Crippen molar-refractivity contribution in [2.75, 3.05) is 36.3 Å². The van der Waals surface area contributed by atoms with Gasteiger partial charge in [0.1, 0.15) is 0 Å². The minimum Gasteiger partial charge on any atom is -0.399 e. The summed E-state index contributed by atoms with van der Waals surface area (Å²) >= 11 is 0. The summed E-state index contributed by atoms with van der Waals surface area (Å²) in [5, 5.41) is 7.31. The number of aromatic nitrogens is 4. The second kappa shape index (κ2) is 7.27. The maximum absolute atomic E-state index is 12.1. The number of hydrogen-bond acceptors (Lipinski definition) is 8. The highest BCUT2D eigenvalue weighted by atomic mass is 32.2. The fourth-order valence-corrected chi connectivity index (χ4v) is 3.42. The fraction of sp³-hybridized carbons (Fsp3) is 0.389. The summed E-state index contributed by atoms with van der Waals surface area (Å²) < 4.78 is 25.7. The zero-order valence-electron chi connectivity index (χ0n) is 16.6. The van der Waals surface area contributed by atoms with Crippen LogP contribution in [0.2, 0.25) is 0 Å². The number of fused-ring (bicyclic) bond motifs is 1. The van der Waals surface area contributed by atoms with Crippen LogP contribution in [0.3, 0.4) is 0 Å². The van der Waals surface area contributed by atoms with Gasteiger partial charge in [0.15, 0.2) is 5.65 Å². The van der Waals surface area contributed by atoms with E-state index in [4.69, 9.17) is 5.73 Å². The summed E-state index contributed by atoms with van der Waals surface area (Å²) in [5.74, 6) is 0.450. The Labute approximate surface area is 164 Å². The van der Waals surface area contributed by atoms with E-state index in [-0.39, 0.29) is 11.1 Å². The maximum Gasteiger partial charge on any atom is 0.252 e. The molecule has 0 unspecified atom stereocenters. The summed E-state index contributed by atoms with van der Waals surface area (Å²) in [4.78, 5) is 10.4. The summed E-state index contributed by atoms with van der Waals surface area (Å²) in [5.41, 5.74) is 9.87. The van der Waals surface area contributed by atoms with Crippen LogP contribution in [0.25, 0.3) is 5.65 Å². The molecule has 9 nitrogen and oxygen atoms in total. The van der Waals surface area contributed by atoms with E-state index in [0.29, 0.717) is 23.8 Å². The lowest BCUT2D eigenvalue weighted by Gasteiger charge is -2.18. The molecule has 2 aromatic heterocycles. The Hall–Kier alpha value is -2.88. The third-order valence-corrected chi connectivity index (χ3v) is 5.20. The van der Waals surface area contributed by atoms with Crippen LogP contribution in [0.5, 0.6) is 0 Å². The normalized spacial score (nSPS) is 11.9. The molecule has 0 aliphatic rings. The molecule has 3 N–H and O–H groups in total. The molecule has 28 heavy (non-hydrogen) atoms. The van der Waals surface area contributed by atoms with Crippen LogP contribution >= 0.6 is 0 Å². The van der Waals surface area contributed by atoms with Crippen molar-refractivity contribution in [3.63, 3.8) is 0 Å². The van der Waals surface area contributed by atoms with Gasteiger partial charge in [-0.3, -0.25) is 0 Å². The Morgan fingerprint density at radius 1 is 1.25 bits per heavy atom. The predicted molar refractivity (Wildman–Crippen MR) is 110 cm³/mol. The highest BCUT2D eigenvalue weighted by molar-refractivity contribution is 7.90. The zero-order chi connectivity index (χ0) is 20.6. The van der Waals surface area contributed by atoms with E-state index in [9.17, 15) is 8.42 Å². The number of anilines is 3. The Balaban J connectivity index is 2.07. The monoisotopic (exact) mass is 403 g/mol. The van der Waals surface area contributed by atoms with E-state index >= 15 is 0 Å². The number of nitrogens with zero attached hydrogens (tertiary/aromatic N) is 5. The number of benzene rings is 1. The second-order valence-corrected chi connectivity index (χ2v) is 9.14. The SMILES string of the molecule is CC(C)c1cnn2c(NCc3cc(N)ccc3N(C)C)nc(S(C)(=O)=O)nc12. The van der Waals surface area contributed by atoms with Gasteiger partial charge in [-0.2, -0.15) is 19.6 Å². The van der Waals surface area contributed by atoms with Crippen molar-refractivity contribution >= 4 is 32.8 Å². The molecule has 0 spiro atoms. The lowest BCUT2D eigenvalue weighted by atomic mass is 10.1. The van der Waals surface area contributed by atoms with Gasteiger partial charge >= 0.3 is 0 Å². The molecular weight excluding hydrogens is 378 g/mol. The van der Waals surface area contributed by atoms with Gasteiger partial charge in [0.05, 0.1) is 6.20 Å². The van der Waals surface area contributed by atoms with E-state index in [1.54, 1.807) is 6.20 Å². The van der Waals surface area contributed by atoms with Gasteiger partial charge in [-0.15, -0.1) is 0 Å². The molecule has 0 aliphatic carbocycles. The van der Waals surface area contributed by atoms with E-state index < -0.39 is 9.84 Å². The first kappa shape index (κ1) is 19.9. The Kier molecular flexibility index (Phi) is 5.16. The van der Waals surface area contributed by atoms with Gasteiger partial charge < -0.3 is 16.0 Å². The van der Waals surface area contributed by atoms with Crippen molar-refractivity contribution in [2.24, 2.45) is 0 Å². The van der Waals surface area contributed by atoms with Crippen LogP contribution in [0.15, 0.2) is 29.6 Å². The molecule has 0 amide bonds. The lowest BCUT2D eigenvalue weighted by molar-refractivity contribution is 0.592. The molecular formula is C18H25N7O2S.